The molecule has 0 saturated heterocycles. The summed E-state index contributed by atoms with van der Waals surface area (Å²) in [6.45, 7) is 3.77. The Balaban J connectivity index is 1.67. The molecule has 0 fully saturated rings. The van der Waals surface area contributed by atoms with Gasteiger partial charge in [0, 0.05) is 11.3 Å². The summed E-state index contributed by atoms with van der Waals surface area (Å²) in [6.07, 6.45) is 0. The van der Waals surface area contributed by atoms with Gasteiger partial charge in [-0.1, -0.05) is 6.07 Å². The van der Waals surface area contributed by atoms with Gasteiger partial charge < -0.3 is 5.32 Å². The number of amides is 1. The maximum Gasteiger partial charge on any atom is 0.249 e. The Kier molecular flexibility index (Phi) is 3.48. The van der Waals surface area contributed by atoms with Crippen molar-refractivity contribution < 1.29 is 4.79 Å². The van der Waals surface area contributed by atoms with Gasteiger partial charge in [0.25, 0.3) is 0 Å². The number of hydrogen-bond acceptors (Lipinski definition) is 6. The van der Waals surface area contributed by atoms with E-state index in [-0.39, 0.29) is 12.5 Å². The zero-order valence-electron chi connectivity index (χ0n) is 11.5. The van der Waals surface area contributed by atoms with Crippen molar-refractivity contribution in [3.05, 3.63) is 28.8 Å². The van der Waals surface area contributed by atoms with Gasteiger partial charge in [0.05, 0.1) is 4.88 Å². The Hall–Kier alpha value is -2.55. The highest BCUT2D eigenvalue weighted by molar-refractivity contribution is 7.13. The summed E-state index contributed by atoms with van der Waals surface area (Å²) in [5.41, 5.74) is 1.83. The first-order chi connectivity index (χ1) is 10.1. The molecule has 0 aliphatic heterocycles. The third-order valence-corrected chi connectivity index (χ3v) is 3.86. The number of anilines is 1. The highest BCUT2D eigenvalue weighted by Gasteiger charge is 2.12. The van der Waals surface area contributed by atoms with Crippen molar-refractivity contribution >= 4 is 23.1 Å². The van der Waals surface area contributed by atoms with Crippen LogP contribution in [0.5, 0.6) is 0 Å². The summed E-state index contributed by atoms with van der Waals surface area (Å²) in [5, 5.41) is 23.5. The fourth-order valence-corrected chi connectivity index (χ4v) is 2.37. The molecular formula is C12H13N7OS. The number of carbonyl (C=O) groups is 1. The van der Waals surface area contributed by atoms with E-state index in [1.54, 1.807) is 0 Å². The number of aromatic amines is 1. The van der Waals surface area contributed by atoms with Gasteiger partial charge >= 0.3 is 0 Å². The first kappa shape index (κ1) is 13.4. The summed E-state index contributed by atoms with van der Waals surface area (Å²) in [6, 6.07) is 3.82. The predicted octanol–water partition coefficient (Wildman–Crippen LogP) is 1.38. The average Bonchev–Trinajstić information content (AvgIpc) is 3.16. The maximum absolute atomic E-state index is 11.9. The summed E-state index contributed by atoms with van der Waals surface area (Å²) < 4.78 is 0. The van der Waals surface area contributed by atoms with Crippen LogP contribution < -0.4 is 5.32 Å². The molecule has 0 saturated carbocycles. The van der Waals surface area contributed by atoms with Gasteiger partial charge in [-0.3, -0.25) is 9.89 Å². The first-order valence-electron chi connectivity index (χ1n) is 6.26. The topological polar surface area (TPSA) is 101 Å². The van der Waals surface area contributed by atoms with Gasteiger partial charge in [0.15, 0.2) is 5.82 Å². The third-order valence-electron chi connectivity index (χ3n) is 2.99. The van der Waals surface area contributed by atoms with Crippen LogP contribution >= 0.6 is 11.3 Å². The fraction of sp³-hybridized carbons (Fsp3) is 0.250. The number of carbonyl (C=O) groups excluding carboxylic acids is 1. The van der Waals surface area contributed by atoms with Crippen LogP contribution in [0.3, 0.4) is 0 Å². The van der Waals surface area contributed by atoms with Gasteiger partial charge in [-0.2, -0.15) is 9.90 Å². The number of thiophene rings is 1. The SMILES string of the molecule is Cc1[nH]nc(NC(=O)Cn2nnc(-c3cccs3)n2)c1C. The lowest BCUT2D eigenvalue weighted by atomic mass is 10.3. The van der Waals surface area contributed by atoms with Crippen molar-refractivity contribution in [2.75, 3.05) is 5.32 Å². The van der Waals surface area contributed by atoms with E-state index >= 15 is 0 Å². The molecule has 3 heterocycles. The Morgan fingerprint density at radius 2 is 2.33 bits per heavy atom. The van der Waals surface area contributed by atoms with Crippen LogP contribution in [0.2, 0.25) is 0 Å². The largest absolute Gasteiger partial charge is 0.307 e. The molecule has 2 N–H and O–H groups in total. The molecule has 21 heavy (non-hydrogen) atoms. The number of H-pyrrole nitrogens is 1. The Labute approximate surface area is 124 Å². The number of aryl methyl sites for hydroxylation is 1. The van der Waals surface area contributed by atoms with Crippen LogP contribution in [-0.2, 0) is 11.3 Å². The molecule has 0 atom stereocenters. The summed E-state index contributed by atoms with van der Waals surface area (Å²) in [7, 11) is 0. The minimum atomic E-state index is -0.250. The minimum absolute atomic E-state index is 0.0102. The predicted molar refractivity (Wildman–Crippen MR) is 77.8 cm³/mol. The van der Waals surface area contributed by atoms with Crippen molar-refractivity contribution in [1.82, 2.24) is 30.4 Å². The number of aromatic nitrogens is 6. The average molecular weight is 303 g/mol. The molecule has 0 aromatic carbocycles. The second kappa shape index (κ2) is 5.44. The highest BCUT2D eigenvalue weighted by Crippen LogP contribution is 2.19. The van der Waals surface area contributed by atoms with E-state index in [9.17, 15) is 4.79 Å². The summed E-state index contributed by atoms with van der Waals surface area (Å²) in [4.78, 5) is 14.1. The van der Waals surface area contributed by atoms with E-state index in [2.05, 4.69) is 30.9 Å². The van der Waals surface area contributed by atoms with E-state index in [0.717, 1.165) is 16.1 Å². The van der Waals surface area contributed by atoms with E-state index in [1.165, 1.54) is 16.1 Å². The molecule has 3 aromatic rings. The van der Waals surface area contributed by atoms with Gasteiger partial charge in [-0.25, -0.2) is 0 Å². The van der Waals surface area contributed by atoms with Crippen molar-refractivity contribution in [2.45, 2.75) is 20.4 Å². The van der Waals surface area contributed by atoms with E-state index < -0.39 is 0 Å². The molecule has 9 heteroatoms. The molecule has 8 nitrogen and oxygen atoms in total. The number of rotatable bonds is 4. The smallest absolute Gasteiger partial charge is 0.249 e. The molecule has 0 unspecified atom stereocenters. The monoisotopic (exact) mass is 303 g/mol. The van der Waals surface area contributed by atoms with Gasteiger partial charge in [0.1, 0.15) is 6.54 Å². The van der Waals surface area contributed by atoms with E-state index in [4.69, 9.17) is 0 Å². The lowest BCUT2D eigenvalue weighted by Gasteiger charge is -2.01. The number of hydrogen-bond donors (Lipinski definition) is 2. The molecule has 0 spiro atoms. The third kappa shape index (κ3) is 2.82. The van der Waals surface area contributed by atoms with Crippen LogP contribution in [0.1, 0.15) is 11.3 Å². The van der Waals surface area contributed by atoms with Gasteiger partial charge in [-0.15, -0.1) is 21.5 Å². The maximum atomic E-state index is 11.9. The van der Waals surface area contributed by atoms with Crippen molar-refractivity contribution in [1.29, 1.82) is 0 Å². The second-order valence-electron chi connectivity index (χ2n) is 4.49. The molecule has 108 valence electrons. The molecule has 1 amide bonds. The number of tetrazole rings is 1. The molecule has 0 aliphatic rings. The molecule has 0 bridgehead atoms. The van der Waals surface area contributed by atoms with E-state index in [1.807, 2.05) is 31.4 Å². The Bertz CT molecular complexity index is 759. The van der Waals surface area contributed by atoms with Crippen molar-refractivity contribution in [3.8, 4) is 10.7 Å². The van der Waals surface area contributed by atoms with Crippen LogP contribution in [-0.4, -0.2) is 36.3 Å². The van der Waals surface area contributed by atoms with Gasteiger partial charge in [-0.05, 0) is 30.5 Å². The van der Waals surface area contributed by atoms with Crippen LogP contribution in [0.4, 0.5) is 5.82 Å². The van der Waals surface area contributed by atoms with Crippen molar-refractivity contribution in [2.24, 2.45) is 0 Å². The standard InChI is InChI=1S/C12H13N7OS/c1-7-8(2)14-15-11(7)13-10(20)6-19-17-12(16-18-19)9-4-3-5-21-9/h3-5H,6H2,1-2H3,(H2,13,14,15,20). The second-order valence-corrected chi connectivity index (χ2v) is 5.44. The number of nitrogens with zero attached hydrogens (tertiary/aromatic N) is 5. The van der Waals surface area contributed by atoms with E-state index in [0.29, 0.717) is 11.6 Å². The van der Waals surface area contributed by atoms with Crippen molar-refractivity contribution in [3.63, 3.8) is 0 Å². The molecule has 3 rings (SSSR count). The van der Waals surface area contributed by atoms with Crippen LogP contribution in [0.25, 0.3) is 10.7 Å². The fourth-order valence-electron chi connectivity index (χ4n) is 1.72. The lowest BCUT2D eigenvalue weighted by Crippen LogP contribution is -2.21. The quantitative estimate of drug-likeness (QED) is 0.758. The normalized spacial score (nSPS) is 10.8. The van der Waals surface area contributed by atoms with Crippen LogP contribution in [0.15, 0.2) is 17.5 Å². The van der Waals surface area contributed by atoms with Gasteiger partial charge in [0.2, 0.25) is 11.7 Å². The zero-order chi connectivity index (χ0) is 14.8. The minimum Gasteiger partial charge on any atom is -0.307 e. The Morgan fingerprint density at radius 1 is 1.48 bits per heavy atom. The zero-order valence-corrected chi connectivity index (χ0v) is 12.3. The summed E-state index contributed by atoms with van der Waals surface area (Å²) in [5.74, 6) is 0.792. The first-order valence-corrected chi connectivity index (χ1v) is 7.14. The molecule has 0 radical (unpaired) electrons. The lowest BCUT2D eigenvalue weighted by molar-refractivity contribution is -0.117. The Morgan fingerprint density at radius 3 is 3.00 bits per heavy atom. The number of nitrogens with one attached hydrogen (secondary N) is 2. The molecule has 0 aliphatic carbocycles. The summed E-state index contributed by atoms with van der Waals surface area (Å²) >= 11 is 1.52. The van der Waals surface area contributed by atoms with Crippen LogP contribution in [0, 0.1) is 13.8 Å². The molecule has 3 aromatic heterocycles. The highest BCUT2D eigenvalue weighted by atomic mass is 32.1. The molecular weight excluding hydrogens is 290 g/mol.